The molecule has 1 saturated heterocycles. The van der Waals surface area contributed by atoms with Gasteiger partial charge in [0.2, 0.25) is 5.95 Å². The van der Waals surface area contributed by atoms with Crippen molar-refractivity contribution in [3.05, 3.63) is 40.5 Å². The van der Waals surface area contributed by atoms with Crippen molar-refractivity contribution in [2.24, 2.45) is 5.92 Å². The maximum Gasteiger partial charge on any atom is 0.227 e. The number of piperazine rings is 1. The zero-order chi connectivity index (χ0) is 20.4. The molecule has 0 amide bonds. The van der Waals surface area contributed by atoms with Gasteiger partial charge in [-0.1, -0.05) is 18.5 Å². The number of nitrogens with zero attached hydrogens (tertiary/aromatic N) is 4. The minimum Gasteiger partial charge on any atom is -0.395 e. The van der Waals surface area contributed by atoms with Crippen LogP contribution in [0.5, 0.6) is 0 Å². The van der Waals surface area contributed by atoms with E-state index in [1.54, 1.807) is 0 Å². The second-order valence-corrected chi connectivity index (χ2v) is 8.25. The van der Waals surface area contributed by atoms with Crippen LogP contribution >= 0.6 is 11.6 Å². The molecule has 1 atom stereocenters. The molecule has 1 aliphatic heterocycles. The van der Waals surface area contributed by atoms with Gasteiger partial charge in [-0.15, -0.1) is 0 Å². The Hall–Kier alpha value is -2.22. The van der Waals surface area contributed by atoms with E-state index in [4.69, 9.17) is 26.7 Å². The van der Waals surface area contributed by atoms with Crippen LogP contribution in [-0.2, 0) is 6.42 Å². The molecule has 2 N–H and O–H groups in total. The van der Waals surface area contributed by atoms with E-state index in [1.807, 2.05) is 24.3 Å². The van der Waals surface area contributed by atoms with Crippen molar-refractivity contribution in [1.82, 2.24) is 14.9 Å². The maximum absolute atomic E-state index is 12.8. The molecule has 1 unspecified atom stereocenters. The number of rotatable bonds is 5. The van der Waals surface area contributed by atoms with Crippen LogP contribution in [0.25, 0.3) is 0 Å². The second kappa shape index (κ2) is 8.65. The molecule has 1 fully saturated rings. The number of hydrogen-bond acceptors (Lipinski definition) is 7. The van der Waals surface area contributed by atoms with E-state index >= 15 is 0 Å². The quantitative estimate of drug-likeness (QED) is 0.776. The van der Waals surface area contributed by atoms with Crippen molar-refractivity contribution >= 4 is 34.8 Å². The number of Topliss-reactive ketones (excluding diaryl/α,β-unsaturated/α-hetero) is 1. The van der Waals surface area contributed by atoms with Crippen LogP contribution in [0.3, 0.4) is 0 Å². The van der Waals surface area contributed by atoms with E-state index in [2.05, 4.69) is 22.0 Å². The van der Waals surface area contributed by atoms with E-state index < -0.39 is 0 Å². The molecule has 4 rings (SSSR count). The number of aliphatic hydroxyl groups is 1. The van der Waals surface area contributed by atoms with Crippen molar-refractivity contribution < 1.29 is 9.90 Å². The number of ketones is 1. The molecule has 1 aromatic heterocycles. The van der Waals surface area contributed by atoms with Gasteiger partial charge in [0.05, 0.1) is 17.9 Å². The first-order valence-electron chi connectivity index (χ1n) is 10.1. The van der Waals surface area contributed by atoms with Crippen LogP contribution < -0.4 is 10.2 Å². The van der Waals surface area contributed by atoms with Crippen LogP contribution in [0.15, 0.2) is 24.3 Å². The first kappa shape index (κ1) is 20.1. The summed E-state index contributed by atoms with van der Waals surface area (Å²) in [6.45, 7) is 6.25. The molecule has 0 spiro atoms. The number of anilines is 3. The third-order valence-corrected chi connectivity index (χ3v) is 5.76. The molecule has 154 valence electrons. The fourth-order valence-electron chi connectivity index (χ4n) is 3.97. The molecule has 1 aliphatic carbocycles. The van der Waals surface area contributed by atoms with Crippen LogP contribution in [0.1, 0.15) is 29.4 Å². The minimum atomic E-state index is 0.0922. The van der Waals surface area contributed by atoms with Crippen LogP contribution in [-0.4, -0.2) is 65.1 Å². The third kappa shape index (κ3) is 4.52. The molecule has 0 bridgehead atoms. The van der Waals surface area contributed by atoms with Crippen molar-refractivity contribution in [2.45, 2.75) is 19.8 Å². The topological polar surface area (TPSA) is 81.6 Å². The number of aromatic nitrogens is 2. The van der Waals surface area contributed by atoms with E-state index in [0.717, 1.165) is 44.0 Å². The average molecular weight is 416 g/mol. The summed E-state index contributed by atoms with van der Waals surface area (Å²) < 4.78 is 0. The highest BCUT2D eigenvalue weighted by molar-refractivity contribution is 6.30. The average Bonchev–Trinajstić information content (AvgIpc) is 2.70. The van der Waals surface area contributed by atoms with Gasteiger partial charge in [0.15, 0.2) is 5.78 Å². The van der Waals surface area contributed by atoms with Gasteiger partial charge in [-0.05, 0) is 36.6 Å². The fraction of sp³-hybridized carbons (Fsp3) is 0.476. The van der Waals surface area contributed by atoms with Gasteiger partial charge in [0, 0.05) is 49.9 Å². The first-order valence-corrected chi connectivity index (χ1v) is 10.5. The highest BCUT2D eigenvalue weighted by atomic mass is 35.5. The Bertz CT molecular complexity index is 881. The van der Waals surface area contributed by atoms with Crippen LogP contribution in [0, 0.1) is 5.92 Å². The second-order valence-electron chi connectivity index (χ2n) is 7.81. The summed E-state index contributed by atoms with van der Waals surface area (Å²) in [6.07, 6.45) is 1.29. The Morgan fingerprint density at radius 1 is 1.14 bits per heavy atom. The van der Waals surface area contributed by atoms with Gasteiger partial charge in [0.25, 0.3) is 0 Å². The number of carbonyl (C=O) groups is 1. The number of hydrogen-bond donors (Lipinski definition) is 2. The Balaban J connectivity index is 1.65. The van der Waals surface area contributed by atoms with Crippen molar-refractivity contribution in [1.29, 1.82) is 0 Å². The third-order valence-electron chi connectivity index (χ3n) is 5.50. The zero-order valence-corrected chi connectivity index (χ0v) is 17.3. The Kier molecular flexibility index (Phi) is 5.99. The monoisotopic (exact) mass is 415 g/mol. The molecule has 2 aromatic rings. The summed E-state index contributed by atoms with van der Waals surface area (Å²) in [5.41, 5.74) is 2.27. The molecule has 0 radical (unpaired) electrons. The molecular weight excluding hydrogens is 390 g/mol. The Morgan fingerprint density at radius 2 is 1.86 bits per heavy atom. The molecule has 2 heterocycles. The Morgan fingerprint density at radius 3 is 2.55 bits per heavy atom. The summed E-state index contributed by atoms with van der Waals surface area (Å²) in [5, 5.41) is 13.1. The molecule has 0 saturated carbocycles. The van der Waals surface area contributed by atoms with Gasteiger partial charge >= 0.3 is 0 Å². The normalized spacial score (nSPS) is 19.9. The lowest BCUT2D eigenvalue weighted by molar-refractivity contribution is 0.0952. The number of nitrogens with one attached hydrogen (secondary N) is 1. The lowest BCUT2D eigenvalue weighted by atomic mass is 9.87. The van der Waals surface area contributed by atoms with E-state index in [0.29, 0.717) is 35.3 Å². The lowest BCUT2D eigenvalue weighted by Gasteiger charge is -2.35. The van der Waals surface area contributed by atoms with Crippen LogP contribution in [0.4, 0.5) is 17.5 Å². The van der Waals surface area contributed by atoms with Gasteiger partial charge in [-0.2, -0.15) is 4.98 Å². The number of carbonyl (C=O) groups excluding carboxylic acids is 1. The predicted molar refractivity (Wildman–Crippen MR) is 114 cm³/mol. The van der Waals surface area contributed by atoms with Crippen LogP contribution in [0.2, 0.25) is 5.02 Å². The van der Waals surface area contributed by atoms with Crippen molar-refractivity contribution in [3.8, 4) is 0 Å². The molecule has 1 aromatic carbocycles. The van der Waals surface area contributed by atoms with E-state index in [-0.39, 0.29) is 18.3 Å². The molecular formula is C21H26ClN5O2. The van der Waals surface area contributed by atoms with Crippen molar-refractivity contribution in [2.75, 3.05) is 49.5 Å². The fourth-order valence-corrected chi connectivity index (χ4v) is 4.10. The Labute approximate surface area is 175 Å². The number of halogens is 1. The first-order chi connectivity index (χ1) is 14.0. The zero-order valence-electron chi connectivity index (χ0n) is 16.6. The van der Waals surface area contributed by atoms with E-state index in [1.165, 1.54) is 0 Å². The van der Waals surface area contributed by atoms with E-state index in [9.17, 15) is 4.79 Å². The van der Waals surface area contributed by atoms with Gasteiger partial charge in [0.1, 0.15) is 5.82 Å². The number of β-amino-alcohol motifs (C(OH)–C–C–N with tert-alkyl or cyclic N) is 1. The highest BCUT2D eigenvalue weighted by Crippen LogP contribution is 2.32. The van der Waals surface area contributed by atoms with Gasteiger partial charge < -0.3 is 15.3 Å². The SMILES string of the molecule is CC1CC(=O)c2c(nc(N3CCN(CCO)CC3)nc2Nc2ccc(Cl)cc2)C1. The maximum atomic E-state index is 12.8. The van der Waals surface area contributed by atoms with Crippen molar-refractivity contribution in [3.63, 3.8) is 0 Å². The summed E-state index contributed by atoms with van der Waals surface area (Å²) in [4.78, 5) is 26.7. The summed E-state index contributed by atoms with van der Waals surface area (Å²) in [5.74, 6) is 1.60. The lowest BCUT2D eigenvalue weighted by Crippen LogP contribution is -2.48. The minimum absolute atomic E-state index is 0.0922. The molecule has 2 aliphatic rings. The molecule has 29 heavy (non-hydrogen) atoms. The number of fused-ring (bicyclic) bond motifs is 1. The summed E-state index contributed by atoms with van der Waals surface area (Å²) >= 11 is 6.00. The standard InChI is InChI=1S/C21H26ClN5O2/c1-14-12-17-19(18(29)13-14)20(23-16-4-2-15(22)3-5-16)25-21(24-17)27-8-6-26(7-9-27)10-11-28/h2-5,14,28H,6-13H2,1H3,(H,23,24,25). The molecule has 7 nitrogen and oxygen atoms in total. The highest BCUT2D eigenvalue weighted by Gasteiger charge is 2.30. The summed E-state index contributed by atoms with van der Waals surface area (Å²) in [6, 6.07) is 7.37. The number of aliphatic hydroxyl groups excluding tert-OH is 1. The predicted octanol–water partition coefficient (Wildman–Crippen LogP) is 2.75. The smallest absolute Gasteiger partial charge is 0.227 e. The largest absolute Gasteiger partial charge is 0.395 e. The molecule has 8 heteroatoms. The summed E-state index contributed by atoms with van der Waals surface area (Å²) in [7, 11) is 0. The number of benzene rings is 1. The van der Waals surface area contributed by atoms with Gasteiger partial charge in [-0.3, -0.25) is 9.69 Å². The van der Waals surface area contributed by atoms with Gasteiger partial charge in [-0.25, -0.2) is 4.98 Å².